The van der Waals surface area contributed by atoms with Gasteiger partial charge in [-0.15, -0.1) is 0 Å². The zero-order chi connectivity index (χ0) is 16.1. The van der Waals surface area contributed by atoms with Crippen LogP contribution in [0, 0.1) is 0 Å². The number of aromatic nitrogens is 7. The van der Waals surface area contributed by atoms with Gasteiger partial charge in [0.05, 0.1) is 12.9 Å². The third kappa shape index (κ3) is 1.89. The molecule has 1 saturated heterocycles. The van der Waals surface area contributed by atoms with Gasteiger partial charge in [-0.3, -0.25) is 4.57 Å². The van der Waals surface area contributed by atoms with E-state index < -0.39 is 31.1 Å². The number of imidazole rings is 1. The Labute approximate surface area is 128 Å². The van der Waals surface area contributed by atoms with Gasteiger partial charge in [0.15, 0.2) is 23.2 Å². The van der Waals surface area contributed by atoms with Gasteiger partial charge in [0.2, 0.25) is 0 Å². The Balaban J connectivity index is 1.93. The zero-order valence-electron chi connectivity index (χ0n) is 12.0. The first-order chi connectivity index (χ1) is 11.2. The summed E-state index contributed by atoms with van der Waals surface area (Å²) in [5, 5.41) is 43.5. The Bertz CT molecular complexity index is 862. The van der Waals surface area contributed by atoms with Crippen LogP contribution in [-0.4, -0.2) is 81.9 Å². The van der Waals surface area contributed by atoms with Gasteiger partial charge in [-0.1, -0.05) is 5.10 Å². The van der Waals surface area contributed by atoms with E-state index in [1.165, 1.54) is 15.4 Å². The highest BCUT2D eigenvalue weighted by molar-refractivity contribution is 5.85. The molecule has 0 aliphatic carbocycles. The van der Waals surface area contributed by atoms with E-state index in [1.54, 1.807) is 7.05 Å². The van der Waals surface area contributed by atoms with Gasteiger partial charge in [0, 0.05) is 7.05 Å². The molecule has 12 heteroatoms. The van der Waals surface area contributed by atoms with Crippen molar-refractivity contribution in [1.29, 1.82) is 0 Å². The van der Waals surface area contributed by atoms with Crippen molar-refractivity contribution in [3.8, 4) is 0 Å². The molecule has 1 fully saturated rings. The largest absolute Gasteiger partial charge is 0.394 e. The number of hydrogen-bond donors (Lipinski definition) is 4. The fourth-order valence-electron chi connectivity index (χ4n) is 2.74. The van der Waals surface area contributed by atoms with Crippen molar-refractivity contribution in [1.82, 2.24) is 34.6 Å². The topological polar surface area (TPSA) is 156 Å². The number of hydrogen-bond acceptors (Lipinski definition) is 10. The monoisotopic (exact) mass is 322 g/mol. The second-order valence-electron chi connectivity index (χ2n) is 5.15. The van der Waals surface area contributed by atoms with E-state index in [4.69, 9.17) is 4.74 Å². The van der Waals surface area contributed by atoms with Crippen LogP contribution in [0.2, 0.25) is 0 Å². The third-order valence-corrected chi connectivity index (χ3v) is 3.89. The molecule has 122 valence electrons. The molecular formula is C11H14N8O4. The number of aliphatic hydroxyl groups is 3. The molecule has 1 aliphatic rings. The number of rotatable bonds is 3. The number of ether oxygens (including phenoxy) is 1. The first-order valence-electron chi connectivity index (χ1n) is 6.90. The molecule has 0 aromatic carbocycles. The molecule has 4 rings (SSSR count). The van der Waals surface area contributed by atoms with Crippen LogP contribution in [0.3, 0.4) is 0 Å². The Hall–Kier alpha value is -2.41. The normalized spacial score (nSPS) is 28.0. The number of aliphatic hydroxyl groups excluding tert-OH is 3. The third-order valence-electron chi connectivity index (χ3n) is 3.89. The van der Waals surface area contributed by atoms with Crippen molar-refractivity contribution >= 4 is 22.8 Å². The lowest BCUT2D eigenvalue weighted by Gasteiger charge is -2.17. The average molecular weight is 322 g/mol. The summed E-state index contributed by atoms with van der Waals surface area (Å²) in [6, 6.07) is 0. The van der Waals surface area contributed by atoms with E-state index >= 15 is 0 Å². The lowest BCUT2D eigenvalue weighted by molar-refractivity contribution is -0.0512. The molecule has 4 atom stereocenters. The minimum absolute atomic E-state index is 0.246. The Morgan fingerprint density at radius 2 is 2.17 bits per heavy atom. The van der Waals surface area contributed by atoms with E-state index in [9.17, 15) is 15.3 Å². The molecule has 23 heavy (non-hydrogen) atoms. The number of nitrogens with zero attached hydrogens (tertiary/aromatic N) is 7. The summed E-state index contributed by atoms with van der Waals surface area (Å²) in [5.74, 6) is 0.711. The van der Waals surface area contributed by atoms with Crippen molar-refractivity contribution in [3.05, 3.63) is 6.33 Å². The zero-order valence-corrected chi connectivity index (χ0v) is 12.0. The van der Waals surface area contributed by atoms with Crippen LogP contribution in [0.25, 0.3) is 16.9 Å². The molecule has 0 radical (unpaired) electrons. The lowest BCUT2D eigenvalue weighted by atomic mass is 10.1. The van der Waals surface area contributed by atoms with Crippen LogP contribution in [0.5, 0.6) is 0 Å². The minimum atomic E-state index is -1.23. The molecule has 0 saturated carbocycles. The standard InChI is InChI=1S/C11H14N8O4/c1-12-8-5-9(19-11(14-8)15-16-17-19)18(3-13-5)10-7(22)6(21)4(2-20)23-10/h3-4,6-7,10,20-22H,2H2,1H3,(H,12,14,15,17). The maximum Gasteiger partial charge on any atom is 0.277 e. The van der Waals surface area contributed by atoms with E-state index in [1.807, 2.05) is 0 Å². The molecule has 0 spiro atoms. The fourth-order valence-corrected chi connectivity index (χ4v) is 2.74. The Morgan fingerprint density at radius 3 is 2.87 bits per heavy atom. The SMILES string of the molecule is CNc1nc2nnnn2c2c1ncn2C1OC(CO)C(O)C1O. The first-order valence-corrected chi connectivity index (χ1v) is 6.90. The van der Waals surface area contributed by atoms with Gasteiger partial charge < -0.3 is 25.4 Å². The smallest absolute Gasteiger partial charge is 0.277 e. The summed E-state index contributed by atoms with van der Waals surface area (Å²) >= 11 is 0. The van der Waals surface area contributed by atoms with Crippen LogP contribution in [0.1, 0.15) is 6.23 Å². The maximum atomic E-state index is 10.2. The number of anilines is 1. The van der Waals surface area contributed by atoms with Gasteiger partial charge in [-0.2, -0.15) is 9.50 Å². The molecular weight excluding hydrogens is 308 g/mol. The minimum Gasteiger partial charge on any atom is -0.394 e. The van der Waals surface area contributed by atoms with E-state index in [0.717, 1.165) is 0 Å². The van der Waals surface area contributed by atoms with Crippen molar-refractivity contribution < 1.29 is 20.1 Å². The summed E-state index contributed by atoms with van der Waals surface area (Å²) in [4.78, 5) is 8.49. The molecule has 12 nitrogen and oxygen atoms in total. The van der Waals surface area contributed by atoms with Crippen LogP contribution in [-0.2, 0) is 4.74 Å². The van der Waals surface area contributed by atoms with E-state index in [-0.39, 0.29) is 5.78 Å². The van der Waals surface area contributed by atoms with Crippen LogP contribution < -0.4 is 5.32 Å². The summed E-state index contributed by atoms with van der Waals surface area (Å²) in [5.41, 5.74) is 0.921. The Kier molecular flexibility index (Phi) is 3.12. The summed E-state index contributed by atoms with van der Waals surface area (Å²) in [6.45, 7) is -0.412. The second kappa shape index (κ2) is 5.06. The lowest BCUT2D eigenvalue weighted by Crippen LogP contribution is -2.33. The summed E-state index contributed by atoms with van der Waals surface area (Å²) in [6.07, 6.45) is -2.83. The predicted octanol–water partition coefficient (Wildman–Crippen LogP) is -2.48. The molecule has 0 amide bonds. The van der Waals surface area contributed by atoms with Gasteiger partial charge in [-0.25, -0.2) is 4.98 Å². The number of fused-ring (bicyclic) bond motifs is 3. The van der Waals surface area contributed by atoms with Crippen LogP contribution >= 0.6 is 0 Å². The van der Waals surface area contributed by atoms with Gasteiger partial charge >= 0.3 is 0 Å². The second-order valence-corrected chi connectivity index (χ2v) is 5.15. The summed E-state index contributed by atoms with van der Waals surface area (Å²) < 4.78 is 8.40. The molecule has 3 aromatic heterocycles. The highest BCUT2D eigenvalue weighted by Gasteiger charge is 2.44. The van der Waals surface area contributed by atoms with Gasteiger partial charge in [0.1, 0.15) is 18.3 Å². The van der Waals surface area contributed by atoms with Crippen molar-refractivity contribution in [2.75, 3.05) is 19.0 Å². The van der Waals surface area contributed by atoms with Gasteiger partial charge in [-0.05, 0) is 10.4 Å². The van der Waals surface area contributed by atoms with Crippen molar-refractivity contribution in [2.45, 2.75) is 24.5 Å². The van der Waals surface area contributed by atoms with Crippen LogP contribution in [0.15, 0.2) is 6.33 Å². The summed E-state index contributed by atoms with van der Waals surface area (Å²) in [7, 11) is 1.69. The highest BCUT2D eigenvalue weighted by atomic mass is 16.6. The van der Waals surface area contributed by atoms with E-state index in [0.29, 0.717) is 17.0 Å². The molecule has 4 N–H and O–H groups in total. The first kappa shape index (κ1) is 14.2. The molecule has 3 aromatic rings. The fraction of sp³-hybridized carbons (Fsp3) is 0.545. The quantitative estimate of drug-likeness (QED) is 0.407. The number of tetrazole rings is 1. The molecule has 0 bridgehead atoms. The predicted molar refractivity (Wildman–Crippen MR) is 74.4 cm³/mol. The number of nitrogens with one attached hydrogen (secondary N) is 1. The van der Waals surface area contributed by atoms with Crippen molar-refractivity contribution in [2.24, 2.45) is 0 Å². The van der Waals surface area contributed by atoms with Crippen molar-refractivity contribution in [3.63, 3.8) is 0 Å². The van der Waals surface area contributed by atoms with Crippen LogP contribution in [0.4, 0.5) is 5.82 Å². The molecule has 1 aliphatic heterocycles. The van der Waals surface area contributed by atoms with Gasteiger partial charge in [0.25, 0.3) is 5.78 Å². The van der Waals surface area contributed by atoms with E-state index in [2.05, 4.69) is 30.8 Å². The molecule has 4 unspecified atom stereocenters. The highest BCUT2D eigenvalue weighted by Crippen LogP contribution is 2.32. The Morgan fingerprint density at radius 1 is 1.35 bits per heavy atom. The maximum absolute atomic E-state index is 10.2. The average Bonchev–Trinajstić information content (AvgIpc) is 3.25. The molecule has 4 heterocycles.